The van der Waals surface area contributed by atoms with E-state index in [0.29, 0.717) is 13.2 Å². The van der Waals surface area contributed by atoms with Crippen molar-refractivity contribution in [1.82, 2.24) is 19.7 Å². The number of nitrogens with one attached hydrogen (secondary N) is 1. The van der Waals surface area contributed by atoms with Gasteiger partial charge in [-0.3, -0.25) is 0 Å². The number of ether oxygens (including phenoxy) is 1. The molecule has 0 radical (unpaired) electrons. The Hall–Kier alpha value is -1.77. The molecule has 0 saturated carbocycles. The van der Waals surface area contributed by atoms with Crippen LogP contribution >= 0.6 is 0 Å². The van der Waals surface area contributed by atoms with Crippen LogP contribution in [0.15, 0.2) is 36.5 Å². The molecule has 0 bridgehead atoms. The molecule has 3 rings (SSSR count). The molecule has 0 saturated heterocycles. The summed E-state index contributed by atoms with van der Waals surface area (Å²) in [5, 5.41) is 7.73. The van der Waals surface area contributed by atoms with Gasteiger partial charge in [-0.25, -0.2) is 17.8 Å². The second-order valence-corrected chi connectivity index (χ2v) is 6.74. The molecule has 1 aliphatic rings. The minimum atomic E-state index is -3.37. The van der Waals surface area contributed by atoms with Crippen molar-refractivity contribution in [3.05, 3.63) is 47.8 Å². The molecule has 1 unspecified atom stereocenters. The van der Waals surface area contributed by atoms with Crippen LogP contribution in [0.25, 0.3) is 0 Å². The number of fused-ring (bicyclic) bond motifs is 1. The molecule has 0 spiro atoms. The highest BCUT2D eigenvalue weighted by Crippen LogP contribution is 2.11. The lowest BCUT2D eigenvalue weighted by Gasteiger charge is -2.23. The summed E-state index contributed by atoms with van der Waals surface area (Å²) < 4.78 is 34.0. The van der Waals surface area contributed by atoms with Crippen molar-refractivity contribution in [2.24, 2.45) is 0 Å². The van der Waals surface area contributed by atoms with Gasteiger partial charge in [-0.05, 0) is 5.56 Å². The zero-order valence-corrected chi connectivity index (χ0v) is 12.2. The minimum Gasteiger partial charge on any atom is -0.369 e. The molecule has 21 heavy (non-hydrogen) atoms. The van der Waals surface area contributed by atoms with Gasteiger partial charge in [0.1, 0.15) is 0 Å². The molecule has 0 amide bonds. The molecular formula is C13H16N4O3S. The molecule has 0 fully saturated rings. The van der Waals surface area contributed by atoms with Gasteiger partial charge in [0.05, 0.1) is 36.9 Å². The van der Waals surface area contributed by atoms with Crippen LogP contribution in [-0.2, 0) is 33.7 Å². The zero-order valence-electron chi connectivity index (χ0n) is 11.3. The van der Waals surface area contributed by atoms with Crippen LogP contribution < -0.4 is 4.72 Å². The van der Waals surface area contributed by atoms with E-state index in [2.05, 4.69) is 15.0 Å². The number of benzene rings is 1. The maximum Gasteiger partial charge on any atom is 0.215 e. The summed E-state index contributed by atoms with van der Waals surface area (Å²) >= 11 is 0. The first-order valence-electron chi connectivity index (χ1n) is 6.63. The van der Waals surface area contributed by atoms with Crippen molar-refractivity contribution in [3.8, 4) is 0 Å². The summed E-state index contributed by atoms with van der Waals surface area (Å²) in [5.41, 5.74) is 1.66. The molecule has 7 nitrogen and oxygen atoms in total. The van der Waals surface area contributed by atoms with Gasteiger partial charge in [-0.15, -0.1) is 5.10 Å². The third-order valence-electron chi connectivity index (χ3n) is 3.27. The Morgan fingerprint density at radius 2 is 2.14 bits per heavy atom. The Kier molecular flexibility index (Phi) is 4.00. The fourth-order valence-electron chi connectivity index (χ4n) is 2.18. The van der Waals surface area contributed by atoms with Crippen molar-refractivity contribution in [3.63, 3.8) is 0 Å². The van der Waals surface area contributed by atoms with Crippen molar-refractivity contribution in [2.75, 3.05) is 6.54 Å². The summed E-state index contributed by atoms with van der Waals surface area (Å²) in [5.74, 6) is -0.0326. The molecule has 1 atom stereocenters. The third-order valence-corrected chi connectivity index (χ3v) is 4.59. The van der Waals surface area contributed by atoms with Gasteiger partial charge in [0.15, 0.2) is 0 Å². The number of hydrogen-bond donors (Lipinski definition) is 1. The van der Waals surface area contributed by atoms with Crippen molar-refractivity contribution < 1.29 is 13.2 Å². The number of sulfonamides is 1. The molecule has 1 aromatic carbocycles. The van der Waals surface area contributed by atoms with E-state index in [1.807, 2.05) is 18.2 Å². The lowest BCUT2D eigenvalue weighted by molar-refractivity contribution is 0.00404. The van der Waals surface area contributed by atoms with Gasteiger partial charge in [-0.1, -0.05) is 35.5 Å². The minimum absolute atomic E-state index is 0.0326. The highest BCUT2D eigenvalue weighted by Gasteiger charge is 2.22. The van der Waals surface area contributed by atoms with Crippen LogP contribution in [0.2, 0.25) is 0 Å². The highest BCUT2D eigenvalue weighted by atomic mass is 32.2. The van der Waals surface area contributed by atoms with Gasteiger partial charge in [0, 0.05) is 6.54 Å². The summed E-state index contributed by atoms with van der Waals surface area (Å²) in [6, 6.07) is 9.08. The van der Waals surface area contributed by atoms with Crippen molar-refractivity contribution >= 4 is 10.0 Å². The van der Waals surface area contributed by atoms with Crippen LogP contribution in [0.4, 0.5) is 0 Å². The fraction of sp³-hybridized carbons (Fsp3) is 0.385. The van der Waals surface area contributed by atoms with Crippen molar-refractivity contribution in [2.45, 2.75) is 25.0 Å². The predicted molar refractivity (Wildman–Crippen MR) is 75.7 cm³/mol. The Bertz CT molecular complexity index is 699. The first kappa shape index (κ1) is 14.2. The monoisotopic (exact) mass is 308 g/mol. The lowest BCUT2D eigenvalue weighted by Crippen LogP contribution is -2.39. The van der Waals surface area contributed by atoms with E-state index in [1.165, 1.54) is 0 Å². The molecule has 8 heteroatoms. The average Bonchev–Trinajstić information content (AvgIpc) is 2.93. The Labute approximate surface area is 123 Å². The van der Waals surface area contributed by atoms with E-state index >= 15 is 0 Å². The number of aromatic nitrogens is 3. The summed E-state index contributed by atoms with van der Waals surface area (Å²) in [4.78, 5) is 0. The SMILES string of the molecule is O=S(=O)(Cc1ccccc1)NCC1Cn2nncc2CO1. The van der Waals surface area contributed by atoms with Gasteiger partial charge < -0.3 is 4.74 Å². The first-order valence-corrected chi connectivity index (χ1v) is 8.28. The Balaban J connectivity index is 1.55. The second-order valence-electron chi connectivity index (χ2n) is 4.93. The third kappa shape index (κ3) is 3.66. The maximum atomic E-state index is 12.0. The quantitative estimate of drug-likeness (QED) is 0.858. The van der Waals surface area contributed by atoms with Crippen LogP contribution in [0, 0.1) is 0 Å². The number of nitrogens with zero attached hydrogens (tertiary/aromatic N) is 3. The van der Waals surface area contributed by atoms with E-state index < -0.39 is 10.0 Å². The van der Waals surface area contributed by atoms with Gasteiger partial charge in [0.25, 0.3) is 0 Å². The second kappa shape index (κ2) is 5.92. The van der Waals surface area contributed by atoms with E-state index in [1.54, 1.807) is 23.0 Å². The van der Waals surface area contributed by atoms with Gasteiger partial charge in [-0.2, -0.15) is 0 Å². The summed E-state index contributed by atoms with van der Waals surface area (Å²) in [6.45, 7) is 1.13. The van der Waals surface area contributed by atoms with E-state index in [-0.39, 0.29) is 18.4 Å². The number of hydrogen-bond acceptors (Lipinski definition) is 5. The molecule has 1 aliphatic heterocycles. The summed E-state index contributed by atoms with van der Waals surface area (Å²) in [7, 11) is -3.37. The summed E-state index contributed by atoms with van der Waals surface area (Å²) in [6.07, 6.45) is 1.42. The normalized spacial score (nSPS) is 18.4. The first-order chi connectivity index (χ1) is 10.1. The predicted octanol–water partition coefficient (Wildman–Crippen LogP) is 0.296. The highest BCUT2D eigenvalue weighted by molar-refractivity contribution is 7.88. The van der Waals surface area contributed by atoms with E-state index in [0.717, 1.165) is 11.3 Å². The molecule has 112 valence electrons. The maximum absolute atomic E-state index is 12.0. The standard InChI is InChI=1S/C13H16N4O3S/c18-21(19,10-11-4-2-1-3-5-11)15-7-13-8-17-12(9-20-13)6-14-16-17/h1-6,13,15H,7-10H2. The molecule has 2 aromatic rings. The van der Waals surface area contributed by atoms with Gasteiger partial charge >= 0.3 is 0 Å². The van der Waals surface area contributed by atoms with Crippen LogP contribution in [0.5, 0.6) is 0 Å². The molecular weight excluding hydrogens is 292 g/mol. The largest absolute Gasteiger partial charge is 0.369 e. The van der Waals surface area contributed by atoms with Crippen LogP contribution in [-0.4, -0.2) is 36.1 Å². The number of rotatable bonds is 5. The molecule has 1 N–H and O–H groups in total. The fourth-order valence-corrected chi connectivity index (χ4v) is 3.35. The molecule has 2 heterocycles. The van der Waals surface area contributed by atoms with Crippen LogP contribution in [0.1, 0.15) is 11.3 Å². The zero-order chi connectivity index (χ0) is 14.7. The average molecular weight is 308 g/mol. The Morgan fingerprint density at radius 3 is 2.95 bits per heavy atom. The molecule has 1 aromatic heterocycles. The van der Waals surface area contributed by atoms with E-state index in [9.17, 15) is 8.42 Å². The van der Waals surface area contributed by atoms with Crippen molar-refractivity contribution in [1.29, 1.82) is 0 Å². The lowest BCUT2D eigenvalue weighted by atomic mass is 10.2. The Morgan fingerprint density at radius 1 is 1.33 bits per heavy atom. The van der Waals surface area contributed by atoms with Gasteiger partial charge in [0.2, 0.25) is 10.0 Å². The van der Waals surface area contributed by atoms with E-state index in [4.69, 9.17) is 4.74 Å². The molecule has 0 aliphatic carbocycles. The van der Waals surface area contributed by atoms with Crippen LogP contribution in [0.3, 0.4) is 0 Å². The topological polar surface area (TPSA) is 86.1 Å². The smallest absolute Gasteiger partial charge is 0.215 e.